The Labute approximate surface area is 397 Å². The van der Waals surface area contributed by atoms with Crippen LogP contribution in [0, 0.1) is 20.8 Å². The number of rotatable bonds is 9. The van der Waals surface area contributed by atoms with Crippen molar-refractivity contribution in [3.8, 4) is 39.6 Å². The number of para-hydroxylation sites is 1. The minimum atomic E-state index is -0.227. The SMILES string of the molecule is Cc1cc(C)c(Nc2cc(-c3ccccc3)c(-c3ccccc3)cc2Nc2cc(Oc3ccc4c5ccccc5n(-c5cc(C(C)(C)C)ccn5)c4c3)c(C(C)(C)C)cc2C(C)(C)C)c(C)c1. The molecule has 0 saturated heterocycles. The smallest absolute Gasteiger partial charge is 0.137 e. The highest BCUT2D eigenvalue weighted by Crippen LogP contribution is 2.47. The van der Waals surface area contributed by atoms with Gasteiger partial charge in [0.05, 0.1) is 22.4 Å². The van der Waals surface area contributed by atoms with E-state index in [9.17, 15) is 0 Å². The van der Waals surface area contributed by atoms with E-state index >= 15 is 0 Å². The second-order valence-corrected chi connectivity index (χ2v) is 21.4. The number of nitrogens with zero attached hydrogens (tertiary/aromatic N) is 2. The third kappa shape index (κ3) is 9.08. The molecule has 338 valence electrons. The lowest BCUT2D eigenvalue weighted by molar-refractivity contribution is 0.454. The van der Waals surface area contributed by atoms with Gasteiger partial charge in [0, 0.05) is 46.0 Å². The summed E-state index contributed by atoms with van der Waals surface area (Å²) in [6.45, 7) is 27.0. The molecule has 0 radical (unpaired) electrons. The van der Waals surface area contributed by atoms with Crippen LogP contribution in [0.4, 0.5) is 22.7 Å². The Morgan fingerprint density at radius 3 is 1.64 bits per heavy atom. The number of pyridine rings is 1. The molecule has 0 atom stereocenters. The predicted octanol–water partition coefficient (Wildman–Crippen LogP) is 17.6. The minimum absolute atomic E-state index is 0.0263. The fourth-order valence-corrected chi connectivity index (χ4v) is 9.55. The molecule has 0 aliphatic heterocycles. The van der Waals surface area contributed by atoms with Crippen LogP contribution in [0.25, 0.3) is 49.9 Å². The number of nitrogens with one attached hydrogen (secondary N) is 2. The summed E-state index contributed by atoms with van der Waals surface area (Å²) in [5.74, 6) is 2.46. The van der Waals surface area contributed by atoms with Crippen molar-refractivity contribution in [2.24, 2.45) is 0 Å². The Hall–Kier alpha value is -7.11. The summed E-state index contributed by atoms with van der Waals surface area (Å²) in [4.78, 5) is 4.94. The molecule has 0 unspecified atom stereocenters. The van der Waals surface area contributed by atoms with Crippen molar-refractivity contribution >= 4 is 44.6 Å². The molecule has 5 heteroatoms. The second kappa shape index (κ2) is 17.3. The number of anilines is 4. The highest BCUT2D eigenvalue weighted by atomic mass is 16.5. The molecule has 0 fully saturated rings. The minimum Gasteiger partial charge on any atom is -0.457 e. The number of fused-ring (bicyclic) bond motifs is 3. The van der Waals surface area contributed by atoms with Crippen molar-refractivity contribution in [2.45, 2.75) is 99.3 Å². The maximum absolute atomic E-state index is 7.20. The second-order valence-electron chi connectivity index (χ2n) is 21.4. The first-order chi connectivity index (χ1) is 31.8. The average molecular weight is 881 g/mol. The molecule has 9 aromatic rings. The standard InChI is InChI=1S/C62H64N4O/c1-39-31-40(2)59(41(3)32-39)65-54-36-49(43-23-17-14-18-24-43)48(42-21-15-13-16-22-42)35-53(54)64-52-38-57(51(62(10,11)12)37-50(52)61(7,8)9)67-45-27-28-47-46-25-19-20-26-55(46)66(56(47)34-45)58-33-44(29-30-63-58)60(4,5)6/h13-38,64-65H,1-12H3. The molecule has 0 saturated carbocycles. The molecule has 2 heterocycles. The summed E-state index contributed by atoms with van der Waals surface area (Å²) < 4.78 is 9.48. The lowest BCUT2D eigenvalue weighted by Gasteiger charge is -2.30. The van der Waals surface area contributed by atoms with E-state index in [2.05, 4.69) is 250 Å². The molecule has 67 heavy (non-hydrogen) atoms. The zero-order valence-corrected chi connectivity index (χ0v) is 41.3. The van der Waals surface area contributed by atoms with Crippen LogP contribution >= 0.6 is 0 Å². The van der Waals surface area contributed by atoms with Crippen molar-refractivity contribution in [3.05, 3.63) is 191 Å². The Morgan fingerprint density at radius 2 is 1.04 bits per heavy atom. The molecule has 9 rings (SSSR count). The number of aryl methyl sites for hydroxylation is 3. The van der Waals surface area contributed by atoms with Crippen molar-refractivity contribution in [3.63, 3.8) is 0 Å². The van der Waals surface area contributed by atoms with Gasteiger partial charge in [-0.2, -0.15) is 0 Å². The number of benzene rings is 7. The van der Waals surface area contributed by atoms with Gasteiger partial charge in [0.1, 0.15) is 17.3 Å². The van der Waals surface area contributed by atoms with E-state index in [1.165, 1.54) is 33.2 Å². The van der Waals surface area contributed by atoms with Crippen LogP contribution in [0.1, 0.15) is 95.7 Å². The van der Waals surface area contributed by atoms with Crippen molar-refractivity contribution in [2.75, 3.05) is 10.6 Å². The van der Waals surface area contributed by atoms with E-state index < -0.39 is 0 Å². The number of hydrogen-bond donors (Lipinski definition) is 2. The van der Waals surface area contributed by atoms with E-state index in [1.807, 2.05) is 6.20 Å². The largest absolute Gasteiger partial charge is 0.457 e. The van der Waals surface area contributed by atoms with Crippen LogP contribution < -0.4 is 15.4 Å². The summed E-state index contributed by atoms with van der Waals surface area (Å²) in [5.41, 5.74) is 17.6. The maximum Gasteiger partial charge on any atom is 0.137 e. The molecule has 0 amide bonds. The first kappa shape index (κ1) is 45.1. The van der Waals surface area contributed by atoms with Crippen molar-refractivity contribution < 1.29 is 4.74 Å². The van der Waals surface area contributed by atoms with E-state index in [4.69, 9.17) is 9.72 Å². The molecular weight excluding hydrogens is 817 g/mol. The summed E-state index contributed by atoms with van der Waals surface area (Å²) in [7, 11) is 0. The molecule has 0 aliphatic carbocycles. The summed E-state index contributed by atoms with van der Waals surface area (Å²) in [5, 5.41) is 10.3. The fourth-order valence-electron chi connectivity index (χ4n) is 9.55. The van der Waals surface area contributed by atoms with Crippen molar-refractivity contribution in [1.82, 2.24) is 9.55 Å². The van der Waals surface area contributed by atoms with Crippen molar-refractivity contribution in [1.29, 1.82) is 0 Å². The molecule has 0 spiro atoms. The molecular formula is C62H64N4O. The Bertz CT molecular complexity index is 3260. The third-order valence-electron chi connectivity index (χ3n) is 13.0. The first-order valence-electron chi connectivity index (χ1n) is 23.6. The van der Waals surface area contributed by atoms with Gasteiger partial charge in [-0.3, -0.25) is 4.57 Å². The normalized spacial score (nSPS) is 12.2. The maximum atomic E-state index is 7.20. The number of ether oxygens (including phenoxy) is 1. The molecule has 7 aromatic carbocycles. The first-order valence-corrected chi connectivity index (χ1v) is 23.6. The lowest BCUT2D eigenvalue weighted by Crippen LogP contribution is -2.19. The van der Waals surface area contributed by atoms with Gasteiger partial charge in [-0.1, -0.05) is 159 Å². The topological polar surface area (TPSA) is 51.1 Å². The molecule has 2 aromatic heterocycles. The zero-order valence-electron chi connectivity index (χ0n) is 41.3. The quantitative estimate of drug-likeness (QED) is 0.152. The van der Waals surface area contributed by atoms with E-state index in [0.717, 1.165) is 84.3 Å². The Kier molecular flexibility index (Phi) is 11.6. The summed E-state index contributed by atoms with van der Waals surface area (Å²) in [6.07, 6.45) is 1.93. The van der Waals surface area contributed by atoms with Gasteiger partial charge in [-0.15, -0.1) is 0 Å². The van der Waals surface area contributed by atoms with Gasteiger partial charge in [-0.05, 0) is 130 Å². The van der Waals surface area contributed by atoms with Crippen LogP contribution in [0.15, 0.2) is 158 Å². The van der Waals surface area contributed by atoms with Gasteiger partial charge >= 0.3 is 0 Å². The van der Waals surface area contributed by atoms with Crippen LogP contribution in [0.2, 0.25) is 0 Å². The van der Waals surface area contributed by atoms with Gasteiger partial charge in [-0.25, -0.2) is 4.98 Å². The fraction of sp³-hybridized carbons (Fsp3) is 0.242. The monoisotopic (exact) mass is 881 g/mol. The van der Waals surface area contributed by atoms with Crippen LogP contribution in [0.5, 0.6) is 11.5 Å². The molecule has 0 bridgehead atoms. The van der Waals surface area contributed by atoms with E-state index in [0.29, 0.717) is 0 Å². The highest BCUT2D eigenvalue weighted by Gasteiger charge is 2.28. The summed E-state index contributed by atoms with van der Waals surface area (Å²) >= 11 is 0. The van der Waals surface area contributed by atoms with Gasteiger partial charge < -0.3 is 15.4 Å². The van der Waals surface area contributed by atoms with Crippen LogP contribution in [0.3, 0.4) is 0 Å². The molecule has 2 N–H and O–H groups in total. The van der Waals surface area contributed by atoms with Gasteiger partial charge in [0.15, 0.2) is 0 Å². The average Bonchev–Trinajstić information content (AvgIpc) is 3.61. The van der Waals surface area contributed by atoms with Gasteiger partial charge in [0.2, 0.25) is 0 Å². The van der Waals surface area contributed by atoms with Crippen LogP contribution in [-0.4, -0.2) is 9.55 Å². The highest BCUT2D eigenvalue weighted by molar-refractivity contribution is 6.09. The number of hydrogen-bond acceptors (Lipinski definition) is 4. The molecule has 0 aliphatic rings. The molecule has 5 nitrogen and oxygen atoms in total. The zero-order chi connectivity index (χ0) is 47.4. The van der Waals surface area contributed by atoms with Crippen LogP contribution in [-0.2, 0) is 16.2 Å². The Balaban J connectivity index is 1.23. The van der Waals surface area contributed by atoms with Gasteiger partial charge in [0.25, 0.3) is 0 Å². The number of aromatic nitrogens is 2. The lowest BCUT2D eigenvalue weighted by atomic mass is 9.79. The van der Waals surface area contributed by atoms with E-state index in [1.54, 1.807) is 0 Å². The van der Waals surface area contributed by atoms with E-state index in [-0.39, 0.29) is 16.2 Å². The summed E-state index contributed by atoms with van der Waals surface area (Å²) in [6, 6.07) is 54.6. The third-order valence-corrected chi connectivity index (χ3v) is 13.0. The Morgan fingerprint density at radius 1 is 0.478 bits per heavy atom. The predicted molar refractivity (Wildman–Crippen MR) is 286 cm³/mol.